The predicted octanol–water partition coefficient (Wildman–Crippen LogP) is 2.30. The highest BCUT2D eigenvalue weighted by atomic mass is 16.1. The van der Waals surface area contributed by atoms with Gasteiger partial charge in [-0.25, -0.2) is 0 Å². The van der Waals surface area contributed by atoms with Crippen molar-refractivity contribution < 1.29 is 4.79 Å². The standard InChI is InChI=1S/C15H28N2O/c1-4-12(2)16(3)8-9-17-13-6-5-7-14(17)11-15(18)10-13/h12-14H,4-11H2,1-3H3. The molecule has 2 rings (SSSR count). The summed E-state index contributed by atoms with van der Waals surface area (Å²) in [6.45, 7) is 6.82. The molecule has 0 N–H and O–H groups in total. The molecule has 18 heavy (non-hydrogen) atoms. The van der Waals surface area contributed by atoms with E-state index in [0.717, 1.165) is 25.9 Å². The molecule has 3 heteroatoms. The summed E-state index contributed by atoms with van der Waals surface area (Å²) in [5.41, 5.74) is 0. The summed E-state index contributed by atoms with van der Waals surface area (Å²) >= 11 is 0. The number of fused-ring (bicyclic) bond motifs is 2. The molecule has 0 saturated carbocycles. The number of nitrogens with zero attached hydrogens (tertiary/aromatic N) is 2. The highest BCUT2D eigenvalue weighted by Gasteiger charge is 2.37. The van der Waals surface area contributed by atoms with Crippen molar-refractivity contribution in [3.8, 4) is 0 Å². The zero-order valence-corrected chi connectivity index (χ0v) is 12.2. The number of carbonyl (C=O) groups excluding carboxylic acids is 1. The van der Waals surface area contributed by atoms with Crippen molar-refractivity contribution in [3.63, 3.8) is 0 Å². The Morgan fingerprint density at radius 3 is 2.50 bits per heavy atom. The minimum atomic E-state index is 0.497. The van der Waals surface area contributed by atoms with E-state index in [1.807, 2.05) is 0 Å². The second kappa shape index (κ2) is 6.16. The van der Waals surface area contributed by atoms with Crippen LogP contribution in [0, 0.1) is 0 Å². The number of hydrogen-bond acceptors (Lipinski definition) is 3. The van der Waals surface area contributed by atoms with Crippen molar-refractivity contribution in [2.24, 2.45) is 0 Å². The number of carbonyl (C=O) groups is 1. The lowest BCUT2D eigenvalue weighted by molar-refractivity contribution is -0.127. The Kier molecular flexibility index (Phi) is 4.79. The van der Waals surface area contributed by atoms with Gasteiger partial charge in [0.1, 0.15) is 5.78 Å². The molecule has 2 fully saturated rings. The maximum absolute atomic E-state index is 11.7. The van der Waals surface area contributed by atoms with E-state index in [9.17, 15) is 4.79 Å². The maximum atomic E-state index is 11.7. The van der Waals surface area contributed by atoms with Crippen LogP contribution in [0.1, 0.15) is 52.4 Å². The van der Waals surface area contributed by atoms with Gasteiger partial charge in [-0.3, -0.25) is 9.69 Å². The van der Waals surface area contributed by atoms with E-state index in [4.69, 9.17) is 0 Å². The van der Waals surface area contributed by atoms with Crippen LogP contribution in [0.2, 0.25) is 0 Å². The van der Waals surface area contributed by atoms with Crippen LogP contribution < -0.4 is 0 Å². The fourth-order valence-corrected chi connectivity index (χ4v) is 3.44. The summed E-state index contributed by atoms with van der Waals surface area (Å²) in [5.74, 6) is 0.497. The van der Waals surface area contributed by atoms with E-state index in [1.54, 1.807) is 0 Å². The first-order valence-corrected chi connectivity index (χ1v) is 7.59. The summed E-state index contributed by atoms with van der Waals surface area (Å²) < 4.78 is 0. The Labute approximate surface area is 112 Å². The van der Waals surface area contributed by atoms with E-state index in [-0.39, 0.29) is 0 Å². The Bertz CT molecular complexity index is 276. The Morgan fingerprint density at radius 1 is 1.33 bits per heavy atom. The van der Waals surface area contributed by atoms with Gasteiger partial charge in [0.2, 0.25) is 0 Å². The van der Waals surface area contributed by atoms with Gasteiger partial charge in [-0.1, -0.05) is 13.3 Å². The zero-order chi connectivity index (χ0) is 13.1. The topological polar surface area (TPSA) is 23.6 Å². The third-order valence-corrected chi connectivity index (χ3v) is 4.99. The van der Waals surface area contributed by atoms with Crippen LogP contribution in [-0.4, -0.2) is 53.8 Å². The summed E-state index contributed by atoms with van der Waals surface area (Å²) in [6.07, 6.45) is 6.61. The normalized spacial score (nSPS) is 30.8. The van der Waals surface area contributed by atoms with E-state index >= 15 is 0 Å². The molecule has 3 atom stereocenters. The van der Waals surface area contributed by atoms with Crippen LogP contribution in [-0.2, 0) is 4.79 Å². The minimum Gasteiger partial charge on any atom is -0.302 e. The number of likely N-dealkylation sites (N-methyl/N-ethyl adjacent to an activating group) is 1. The summed E-state index contributed by atoms with van der Waals surface area (Å²) in [4.78, 5) is 16.8. The number of Topliss-reactive ketones (excluding diaryl/α,β-unsaturated/α-hetero) is 1. The summed E-state index contributed by atoms with van der Waals surface area (Å²) in [5, 5.41) is 0. The molecule has 2 heterocycles. The Balaban J connectivity index is 1.87. The van der Waals surface area contributed by atoms with Crippen LogP contribution in [0.4, 0.5) is 0 Å². The first kappa shape index (κ1) is 14.0. The zero-order valence-electron chi connectivity index (χ0n) is 12.2. The molecule has 0 spiro atoms. The van der Waals surface area contributed by atoms with Crippen molar-refractivity contribution >= 4 is 5.78 Å². The first-order chi connectivity index (χ1) is 8.61. The third kappa shape index (κ3) is 3.12. The van der Waals surface area contributed by atoms with Crippen molar-refractivity contribution in [1.82, 2.24) is 9.80 Å². The van der Waals surface area contributed by atoms with Crippen molar-refractivity contribution in [2.75, 3.05) is 20.1 Å². The molecule has 3 unspecified atom stereocenters. The highest BCUT2D eigenvalue weighted by Crippen LogP contribution is 2.31. The molecule has 2 bridgehead atoms. The molecule has 0 aromatic carbocycles. The monoisotopic (exact) mass is 252 g/mol. The Hall–Kier alpha value is -0.410. The van der Waals surface area contributed by atoms with Crippen molar-refractivity contribution in [2.45, 2.75) is 70.5 Å². The lowest BCUT2D eigenvalue weighted by Gasteiger charge is -2.46. The molecule has 104 valence electrons. The van der Waals surface area contributed by atoms with Crippen LogP contribution in [0.25, 0.3) is 0 Å². The van der Waals surface area contributed by atoms with Gasteiger partial charge in [-0.2, -0.15) is 0 Å². The van der Waals surface area contributed by atoms with Gasteiger partial charge in [0.15, 0.2) is 0 Å². The Morgan fingerprint density at radius 2 is 1.94 bits per heavy atom. The molecule has 3 nitrogen and oxygen atoms in total. The SMILES string of the molecule is CCC(C)N(C)CCN1C2CCCC1CC(=O)C2. The average molecular weight is 252 g/mol. The maximum Gasteiger partial charge on any atom is 0.136 e. The van der Waals surface area contributed by atoms with Gasteiger partial charge >= 0.3 is 0 Å². The number of hydrogen-bond donors (Lipinski definition) is 0. The number of piperidine rings is 2. The van der Waals surface area contributed by atoms with E-state index < -0.39 is 0 Å². The highest BCUT2D eigenvalue weighted by molar-refractivity contribution is 5.80. The number of ketones is 1. The average Bonchev–Trinajstić information content (AvgIpc) is 2.34. The molecular formula is C15H28N2O. The summed E-state index contributed by atoms with van der Waals surface area (Å²) in [7, 11) is 2.22. The first-order valence-electron chi connectivity index (χ1n) is 7.59. The quantitative estimate of drug-likeness (QED) is 0.750. The van der Waals surface area contributed by atoms with E-state index in [2.05, 4.69) is 30.7 Å². The molecule has 2 aliphatic heterocycles. The summed E-state index contributed by atoms with van der Waals surface area (Å²) in [6, 6.07) is 1.77. The van der Waals surface area contributed by atoms with E-state index in [0.29, 0.717) is 23.9 Å². The van der Waals surface area contributed by atoms with Gasteiger partial charge in [0.05, 0.1) is 0 Å². The molecule has 0 aromatic rings. The van der Waals surface area contributed by atoms with Gasteiger partial charge in [-0.05, 0) is 33.2 Å². The van der Waals surface area contributed by atoms with Crippen LogP contribution in [0.15, 0.2) is 0 Å². The molecular weight excluding hydrogens is 224 g/mol. The van der Waals surface area contributed by atoms with Gasteiger partial charge < -0.3 is 4.90 Å². The van der Waals surface area contributed by atoms with E-state index in [1.165, 1.54) is 25.7 Å². The second-order valence-corrected chi connectivity index (χ2v) is 6.16. The molecule has 0 amide bonds. The largest absolute Gasteiger partial charge is 0.302 e. The van der Waals surface area contributed by atoms with Crippen LogP contribution >= 0.6 is 0 Å². The molecule has 0 aliphatic carbocycles. The fourth-order valence-electron chi connectivity index (χ4n) is 3.44. The smallest absolute Gasteiger partial charge is 0.136 e. The molecule has 0 aromatic heterocycles. The predicted molar refractivity (Wildman–Crippen MR) is 74.8 cm³/mol. The van der Waals surface area contributed by atoms with Crippen LogP contribution in [0.3, 0.4) is 0 Å². The second-order valence-electron chi connectivity index (χ2n) is 6.16. The number of rotatable bonds is 5. The van der Waals surface area contributed by atoms with Crippen molar-refractivity contribution in [1.29, 1.82) is 0 Å². The lowest BCUT2D eigenvalue weighted by atomic mass is 9.84. The van der Waals surface area contributed by atoms with Gasteiger partial charge in [0, 0.05) is 44.1 Å². The third-order valence-electron chi connectivity index (χ3n) is 4.99. The van der Waals surface area contributed by atoms with Crippen molar-refractivity contribution in [3.05, 3.63) is 0 Å². The van der Waals surface area contributed by atoms with Gasteiger partial charge in [-0.15, -0.1) is 0 Å². The minimum absolute atomic E-state index is 0.497. The molecule has 2 aliphatic rings. The molecule has 0 radical (unpaired) electrons. The van der Waals surface area contributed by atoms with Gasteiger partial charge in [0.25, 0.3) is 0 Å². The van der Waals surface area contributed by atoms with Crippen LogP contribution in [0.5, 0.6) is 0 Å². The molecule has 2 saturated heterocycles. The fraction of sp³-hybridized carbons (Fsp3) is 0.933. The lowest BCUT2D eigenvalue weighted by Crippen LogP contribution is -2.54.